The molecule has 1 atom stereocenters. The van der Waals surface area contributed by atoms with E-state index in [9.17, 15) is 13.9 Å². The van der Waals surface area contributed by atoms with Crippen molar-refractivity contribution < 1.29 is 23.4 Å². The number of aliphatic hydroxyl groups is 1. The molecule has 1 N–H and O–H groups in total. The van der Waals surface area contributed by atoms with Crippen LogP contribution in [0.4, 0.5) is 8.78 Å². The van der Waals surface area contributed by atoms with Gasteiger partial charge in [0, 0.05) is 25.2 Å². The zero-order valence-electron chi connectivity index (χ0n) is 13.8. The first-order valence-electron chi connectivity index (χ1n) is 8.68. The number of hydrogen-bond donors (Lipinski definition) is 1. The molecule has 1 saturated carbocycles. The van der Waals surface area contributed by atoms with E-state index < -0.39 is 17.2 Å². The molecule has 0 radical (unpaired) electrons. The fourth-order valence-corrected chi connectivity index (χ4v) is 3.58. The lowest BCUT2D eigenvalue weighted by Gasteiger charge is -2.37. The van der Waals surface area contributed by atoms with Crippen molar-refractivity contribution in [3.8, 4) is 5.75 Å². The number of rotatable bonds is 4. The zero-order chi connectivity index (χ0) is 17.0. The van der Waals surface area contributed by atoms with E-state index >= 15 is 0 Å². The molecule has 1 aromatic rings. The Kier molecular flexibility index (Phi) is 5.69. The second kappa shape index (κ2) is 7.76. The molecule has 3 rings (SSSR count). The summed E-state index contributed by atoms with van der Waals surface area (Å²) in [6, 6.07) is 3.86. The van der Waals surface area contributed by atoms with Gasteiger partial charge < -0.3 is 14.6 Å². The highest BCUT2D eigenvalue weighted by Crippen LogP contribution is 2.26. The molecule has 1 aliphatic heterocycles. The first-order chi connectivity index (χ1) is 11.6. The Morgan fingerprint density at radius 3 is 2.75 bits per heavy atom. The van der Waals surface area contributed by atoms with Crippen LogP contribution in [0.5, 0.6) is 5.75 Å². The highest BCUT2D eigenvalue weighted by atomic mass is 19.2. The topological polar surface area (TPSA) is 41.9 Å². The zero-order valence-corrected chi connectivity index (χ0v) is 13.8. The van der Waals surface area contributed by atoms with Crippen molar-refractivity contribution in [1.29, 1.82) is 0 Å². The van der Waals surface area contributed by atoms with Crippen LogP contribution in [0.1, 0.15) is 32.1 Å². The summed E-state index contributed by atoms with van der Waals surface area (Å²) in [5.74, 6) is -1.67. The molecule has 0 bridgehead atoms. The minimum atomic E-state index is -1.15. The minimum Gasteiger partial charge on any atom is -0.490 e. The Morgan fingerprint density at radius 2 is 2.00 bits per heavy atom. The summed E-state index contributed by atoms with van der Waals surface area (Å²) in [6.45, 7) is 2.03. The number of halogens is 2. The van der Waals surface area contributed by atoms with E-state index in [-0.39, 0.29) is 19.0 Å². The smallest absolute Gasteiger partial charge is 0.162 e. The Bertz CT molecular complexity index is 551. The van der Waals surface area contributed by atoms with Crippen LogP contribution in [0, 0.1) is 11.6 Å². The maximum absolute atomic E-state index is 13.3. The predicted octanol–water partition coefficient (Wildman–Crippen LogP) is 2.74. The van der Waals surface area contributed by atoms with Gasteiger partial charge in [0.15, 0.2) is 11.6 Å². The maximum Gasteiger partial charge on any atom is 0.162 e. The van der Waals surface area contributed by atoms with Crippen molar-refractivity contribution in [1.82, 2.24) is 4.90 Å². The highest BCUT2D eigenvalue weighted by molar-refractivity contribution is 5.23. The Hall–Kier alpha value is -1.24. The van der Waals surface area contributed by atoms with Gasteiger partial charge >= 0.3 is 0 Å². The molecule has 134 valence electrons. The molecule has 2 fully saturated rings. The fraction of sp³-hybridized carbons (Fsp3) is 0.667. The van der Waals surface area contributed by atoms with Gasteiger partial charge in [0.1, 0.15) is 18.0 Å². The normalized spacial score (nSPS) is 27.0. The summed E-state index contributed by atoms with van der Waals surface area (Å²) in [6.07, 6.45) is 6.04. The maximum atomic E-state index is 13.3. The summed E-state index contributed by atoms with van der Waals surface area (Å²) in [7, 11) is 0. The van der Waals surface area contributed by atoms with Crippen LogP contribution in [0.15, 0.2) is 18.2 Å². The molecule has 0 spiro atoms. The van der Waals surface area contributed by atoms with Crippen LogP contribution >= 0.6 is 0 Å². The van der Waals surface area contributed by atoms with Crippen LogP contribution in [0.2, 0.25) is 0 Å². The van der Waals surface area contributed by atoms with Crippen LogP contribution in [0.25, 0.3) is 0 Å². The Morgan fingerprint density at radius 1 is 1.21 bits per heavy atom. The van der Waals surface area contributed by atoms with Crippen molar-refractivity contribution in [2.24, 2.45) is 0 Å². The summed E-state index contributed by atoms with van der Waals surface area (Å²) in [4.78, 5) is 2.29. The number of β-amino-alcohol motifs (C(OH)–C–C–N with tert-alkyl or cyclic N) is 1. The average molecular weight is 341 g/mol. The second-order valence-electron chi connectivity index (χ2n) is 6.90. The molecule has 0 aromatic heterocycles. The van der Waals surface area contributed by atoms with E-state index in [0.717, 1.165) is 31.5 Å². The van der Waals surface area contributed by atoms with Gasteiger partial charge in [-0.3, -0.25) is 4.90 Å². The first kappa shape index (κ1) is 17.6. The summed E-state index contributed by atoms with van der Waals surface area (Å²) in [5, 5.41) is 10.9. The van der Waals surface area contributed by atoms with Gasteiger partial charge in [-0.25, -0.2) is 8.78 Å². The van der Waals surface area contributed by atoms with E-state index in [1.165, 1.54) is 25.3 Å². The standard InChI is InChI=1S/C18H25F2NO3/c19-16-7-6-15(10-17(16)20)24-13-18(22)11-21(8-9-23-12-18)14-4-2-1-3-5-14/h6-7,10,14,22H,1-5,8-9,11-13H2/t18-/m1/s1. The van der Waals surface area contributed by atoms with Crippen LogP contribution in [-0.4, -0.2) is 54.6 Å². The van der Waals surface area contributed by atoms with Crippen LogP contribution in [0.3, 0.4) is 0 Å². The van der Waals surface area contributed by atoms with Gasteiger partial charge in [0.25, 0.3) is 0 Å². The number of nitrogens with zero attached hydrogens (tertiary/aromatic N) is 1. The molecular formula is C18H25F2NO3. The summed E-state index contributed by atoms with van der Waals surface area (Å²) >= 11 is 0. The Balaban J connectivity index is 1.62. The summed E-state index contributed by atoms with van der Waals surface area (Å²) < 4.78 is 37.3. The minimum absolute atomic E-state index is 0.0126. The number of ether oxygens (including phenoxy) is 2. The number of hydrogen-bond acceptors (Lipinski definition) is 4. The molecule has 1 aliphatic carbocycles. The van der Waals surface area contributed by atoms with Crippen LogP contribution < -0.4 is 4.74 Å². The largest absolute Gasteiger partial charge is 0.490 e. The van der Waals surface area contributed by atoms with Crippen molar-refractivity contribution in [3.05, 3.63) is 29.8 Å². The third kappa shape index (κ3) is 4.43. The average Bonchev–Trinajstić information content (AvgIpc) is 2.79. The van der Waals surface area contributed by atoms with E-state index in [2.05, 4.69) is 4.90 Å². The highest BCUT2D eigenvalue weighted by Gasteiger charge is 2.36. The SMILES string of the molecule is O[C@@]1(COc2ccc(F)c(F)c2)COCCN(C2CCCCC2)C1. The monoisotopic (exact) mass is 341 g/mol. The van der Waals surface area contributed by atoms with Gasteiger partial charge in [0.2, 0.25) is 0 Å². The van der Waals surface area contributed by atoms with E-state index in [4.69, 9.17) is 9.47 Å². The molecule has 0 amide bonds. The quantitative estimate of drug-likeness (QED) is 0.914. The molecule has 1 aromatic carbocycles. The van der Waals surface area contributed by atoms with E-state index in [1.807, 2.05) is 0 Å². The lowest BCUT2D eigenvalue weighted by molar-refractivity contribution is -0.0682. The fourth-order valence-electron chi connectivity index (χ4n) is 3.58. The number of benzene rings is 1. The van der Waals surface area contributed by atoms with Crippen molar-refractivity contribution in [2.45, 2.75) is 43.7 Å². The third-order valence-corrected chi connectivity index (χ3v) is 4.88. The molecule has 1 heterocycles. The molecule has 6 heteroatoms. The van der Waals surface area contributed by atoms with Gasteiger partial charge in [-0.15, -0.1) is 0 Å². The van der Waals surface area contributed by atoms with Gasteiger partial charge in [-0.2, -0.15) is 0 Å². The first-order valence-corrected chi connectivity index (χ1v) is 8.68. The molecule has 2 aliphatic rings. The van der Waals surface area contributed by atoms with Gasteiger partial charge in [0.05, 0.1) is 13.2 Å². The van der Waals surface area contributed by atoms with E-state index in [1.54, 1.807) is 0 Å². The van der Waals surface area contributed by atoms with Crippen molar-refractivity contribution in [2.75, 3.05) is 32.9 Å². The third-order valence-electron chi connectivity index (χ3n) is 4.88. The van der Waals surface area contributed by atoms with Crippen molar-refractivity contribution >= 4 is 0 Å². The lowest BCUT2D eigenvalue weighted by Crippen LogP contribution is -2.51. The van der Waals surface area contributed by atoms with Gasteiger partial charge in [-0.05, 0) is 25.0 Å². The van der Waals surface area contributed by atoms with Crippen LogP contribution in [-0.2, 0) is 4.74 Å². The van der Waals surface area contributed by atoms with Crippen molar-refractivity contribution in [3.63, 3.8) is 0 Å². The predicted molar refractivity (Wildman–Crippen MR) is 86.1 cm³/mol. The lowest BCUT2D eigenvalue weighted by atomic mass is 9.93. The molecular weight excluding hydrogens is 316 g/mol. The van der Waals surface area contributed by atoms with Gasteiger partial charge in [-0.1, -0.05) is 19.3 Å². The molecule has 4 nitrogen and oxygen atoms in total. The molecule has 1 saturated heterocycles. The Labute approximate surface area is 141 Å². The van der Waals surface area contributed by atoms with E-state index in [0.29, 0.717) is 19.2 Å². The molecule has 24 heavy (non-hydrogen) atoms. The molecule has 0 unspecified atom stereocenters. The second-order valence-corrected chi connectivity index (χ2v) is 6.90. The summed E-state index contributed by atoms with van der Waals surface area (Å²) in [5.41, 5.74) is -1.15.